The van der Waals surface area contributed by atoms with Crippen molar-refractivity contribution in [1.82, 2.24) is 0 Å². The quantitative estimate of drug-likeness (QED) is 0.899. The van der Waals surface area contributed by atoms with Gasteiger partial charge >= 0.3 is 6.61 Å². The van der Waals surface area contributed by atoms with Gasteiger partial charge < -0.3 is 15.8 Å². The van der Waals surface area contributed by atoms with E-state index in [0.29, 0.717) is 6.42 Å². The maximum absolute atomic E-state index is 13.6. The molecule has 1 amide bonds. The maximum Gasteiger partial charge on any atom is 0.387 e. The lowest BCUT2D eigenvalue weighted by Crippen LogP contribution is -2.44. The van der Waals surface area contributed by atoms with Crippen LogP contribution in [0.1, 0.15) is 26.2 Å². The highest BCUT2D eigenvalue weighted by Crippen LogP contribution is 2.37. The molecule has 7 heteroatoms. The van der Waals surface area contributed by atoms with Crippen molar-refractivity contribution >= 4 is 11.6 Å². The fraction of sp³-hybridized carbons (Fsp3) is 0.500. The zero-order valence-electron chi connectivity index (χ0n) is 11.5. The fourth-order valence-corrected chi connectivity index (χ4v) is 2.52. The zero-order valence-corrected chi connectivity index (χ0v) is 11.5. The van der Waals surface area contributed by atoms with Crippen molar-refractivity contribution in [3.8, 4) is 5.75 Å². The molecule has 1 saturated carbocycles. The number of rotatable bonds is 4. The second-order valence-corrected chi connectivity index (χ2v) is 5.39. The molecular formula is C14H17F3N2O2. The number of anilines is 1. The Balaban J connectivity index is 2.10. The van der Waals surface area contributed by atoms with Crippen LogP contribution < -0.4 is 15.8 Å². The second-order valence-electron chi connectivity index (χ2n) is 5.39. The van der Waals surface area contributed by atoms with E-state index in [4.69, 9.17) is 5.73 Å². The molecule has 1 aliphatic rings. The lowest BCUT2D eigenvalue weighted by Gasteiger charge is -2.27. The average Bonchev–Trinajstić information content (AvgIpc) is 2.74. The van der Waals surface area contributed by atoms with Crippen molar-refractivity contribution < 1.29 is 22.7 Å². The summed E-state index contributed by atoms with van der Waals surface area (Å²) in [6.07, 6.45) is 2.29. The first-order valence-electron chi connectivity index (χ1n) is 6.64. The highest BCUT2D eigenvalue weighted by molar-refractivity contribution is 5.95. The summed E-state index contributed by atoms with van der Waals surface area (Å²) in [6, 6.07) is 3.06. The Kier molecular flexibility index (Phi) is 4.41. The SMILES string of the molecule is CC1(C(=O)Nc2ccc(OC(F)F)c(F)c2)CCCC1N. The van der Waals surface area contributed by atoms with Gasteiger partial charge in [-0.15, -0.1) is 0 Å². The van der Waals surface area contributed by atoms with E-state index < -0.39 is 23.6 Å². The molecule has 0 radical (unpaired) electrons. The van der Waals surface area contributed by atoms with Gasteiger partial charge in [0.05, 0.1) is 5.41 Å². The summed E-state index contributed by atoms with van der Waals surface area (Å²) in [5, 5.41) is 2.57. The van der Waals surface area contributed by atoms with Crippen molar-refractivity contribution in [3.05, 3.63) is 24.0 Å². The van der Waals surface area contributed by atoms with Crippen LogP contribution in [0.15, 0.2) is 18.2 Å². The van der Waals surface area contributed by atoms with Gasteiger partial charge in [0.1, 0.15) is 0 Å². The second kappa shape index (κ2) is 5.93. The first-order valence-corrected chi connectivity index (χ1v) is 6.64. The minimum Gasteiger partial charge on any atom is -0.432 e. The molecule has 0 aliphatic heterocycles. The van der Waals surface area contributed by atoms with Crippen molar-refractivity contribution in [1.29, 1.82) is 0 Å². The summed E-state index contributed by atoms with van der Waals surface area (Å²) in [7, 11) is 0. The Labute approximate surface area is 120 Å². The molecule has 1 fully saturated rings. The van der Waals surface area contributed by atoms with Crippen molar-refractivity contribution in [2.75, 3.05) is 5.32 Å². The van der Waals surface area contributed by atoms with Crippen LogP contribution in [0.25, 0.3) is 0 Å². The topological polar surface area (TPSA) is 64.3 Å². The predicted molar refractivity (Wildman–Crippen MR) is 71.6 cm³/mol. The van der Waals surface area contributed by atoms with Gasteiger partial charge in [0, 0.05) is 17.8 Å². The summed E-state index contributed by atoms with van der Waals surface area (Å²) in [5.74, 6) is -1.82. The minimum atomic E-state index is -3.10. The minimum absolute atomic E-state index is 0.180. The van der Waals surface area contributed by atoms with E-state index in [2.05, 4.69) is 10.1 Å². The smallest absolute Gasteiger partial charge is 0.387 e. The van der Waals surface area contributed by atoms with Gasteiger partial charge in [0.15, 0.2) is 11.6 Å². The average molecular weight is 302 g/mol. The van der Waals surface area contributed by atoms with E-state index in [9.17, 15) is 18.0 Å². The predicted octanol–water partition coefficient (Wildman–Crippen LogP) is 2.88. The molecule has 2 atom stereocenters. The summed E-state index contributed by atoms with van der Waals surface area (Å²) >= 11 is 0. The van der Waals surface area contributed by atoms with E-state index in [0.717, 1.165) is 25.0 Å². The van der Waals surface area contributed by atoms with Crippen LogP contribution in [-0.2, 0) is 4.79 Å². The van der Waals surface area contributed by atoms with Crippen LogP contribution >= 0.6 is 0 Å². The van der Waals surface area contributed by atoms with Gasteiger partial charge in [-0.3, -0.25) is 4.79 Å². The van der Waals surface area contributed by atoms with E-state index in [1.54, 1.807) is 6.92 Å². The Bertz CT molecular complexity index is 539. The monoisotopic (exact) mass is 302 g/mol. The van der Waals surface area contributed by atoms with Crippen LogP contribution in [0.4, 0.5) is 18.9 Å². The maximum atomic E-state index is 13.6. The Morgan fingerprint density at radius 3 is 2.76 bits per heavy atom. The third-order valence-corrected chi connectivity index (χ3v) is 3.95. The van der Waals surface area contributed by atoms with Crippen molar-refractivity contribution in [2.45, 2.75) is 38.8 Å². The lowest BCUT2D eigenvalue weighted by atomic mass is 9.84. The van der Waals surface area contributed by atoms with Gasteiger partial charge in [-0.25, -0.2) is 4.39 Å². The number of amides is 1. The fourth-order valence-electron chi connectivity index (χ4n) is 2.52. The number of nitrogens with one attached hydrogen (secondary N) is 1. The first kappa shape index (κ1) is 15.6. The highest BCUT2D eigenvalue weighted by atomic mass is 19.3. The van der Waals surface area contributed by atoms with Gasteiger partial charge in [-0.05, 0) is 31.9 Å². The Morgan fingerprint density at radius 2 is 2.24 bits per heavy atom. The van der Waals surface area contributed by atoms with Crippen LogP contribution in [-0.4, -0.2) is 18.6 Å². The first-order chi connectivity index (χ1) is 9.83. The standard InChI is InChI=1S/C14H17F3N2O2/c1-14(6-2-3-11(14)18)12(20)19-8-4-5-10(9(15)7-8)21-13(16)17/h4-5,7,11,13H,2-3,6,18H2,1H3,(H,19,20). The van der Waals surface area contributed by atoms with Gasteiger partial charge in [0.2, 0.25) is 5.91 Å². The van der Waals surface area contributed by atoms with E-state index >= 15 is 0 Å². The molecule has 21 heavy (non-hydrogen) atoms. The third-order valence-electron chi connectivity index (χ3n) is 3.95. The van der Waals surface area contributed by atoms with Gasteiger partial charge in [-0.1, -0.05) is 6.42 Å². The van der Waals surface area contributed by atoms with E-state index in [1.807, 2.05) is 0 Å². The molecule has 0 saturated heterocycles. The van der Waals surface area contributed by atoms with Gasteiger partial charge in [-0.2, -0.15) is 8.78 Å². The molecule has 2 rings (SSSR count). The van der Waals surface area contributed by atoms with Gasteiger partial charge in [0.25, 0.3) is 0 Å². The molecule has 1 aliphatic carbocycles. The number of hydrogen-bond acceptors (Lipinski definition) is 3. The number of benzene rings is 1. The number of hydrogen-bond donors (Lipinski definition) is 2. The highest BCUT2D eigenvalue weighted by Gasteiger charge is 2.42. The number of halogens is 3. The van der Waals surface area contributed by atoms with Crippen molar-refractivity contribution in [3.63, 3.8) is 0 Å². The van der Waals surface area contributed by atoms with Crippen LogP contribution in [0, 0.1) is 11.2 Å². The number of alkyl halides is 2. The molecule has 0 heterocycles. The number of carbonyl (C=O) groups is 1. The van der Waals surface area contributed by atoms with E-state index in [1.165, 1.54) is 6.07 Å². The molecule has 116 valence electrons. The lowest BCUT2D eigenvalue weighted by molar-refractivity contribution is -0.125. The summed E-state index contributed by atoms with van der Waals surface area (Å²) < 4.78 is 41.6. The molecule has 0 aromatic heterocycles. The summed E-state index contributed by atoms with van der Waals surface area (Å²) in [6.45, 7) is -1.33. The summed E-state index contributed by atoms with van der Waals surface area (Å²) in [4.78, 5) is 12.3. The third kappa shape index (κ3) is 3.29. The van der Waals surface area contributed by atoms with Crippen LogP contribution in [0.2, 0.25) is 0 Å². The van der Waals surface area contributed by atoms with Crippen LogP contribution in [0.3, 0.4) is 0 Å². The zero-order chi connectivity index (χ0) is 15.6. The molecule has 3 N–H and O–H groups in total. The number of nitrogens with two attached hydrogens (primary N) is 1. The molecule has 2 unspecified atom stereocenters. The number of ether oxygens (including phenoxy) is 1. The normalized spacial score (nSPS) is 25.1. The molecule has 4 nitrogen and oxygen atoms in total. The number of carbonyl (C=O) groups excluding carboxylic acids is 1. The largest absolute Gasteiger partial charge is 0.432 e. The molecule has 1 aromatic rings. The molecule has 0 spiro atoms. The van der Waals surface area contributed by atoms with Crippen molar-refractivity contribution in [2.24, 2.45) is 11.1 Å². The van der Waals surface area contributed by atoms with Crippen LogP contribution in [0.5, 0.6) is 5.75 Å². The molecule has 0 bridgehead atoms. The summed E-state index contributed by atoms with van der Waals surface area (Å²) in [5.41, 5.74) is 5.42. The Hall–Kier alpha value is -1.76. The molecular weight excluding hydrogens is 285 g/mol. The molecule has 1 aromatic carbocycles. The van der Waals surface area contributed by atoms with E-state index in [-0.39, 0.29) is 17.6 Å². The Morgan fingerprint density at radius 1 is 1.52 bits per heavy atom.